The molecule has 0 aromatic heterocycles. The Hall–Kier alpha value is -2.28. The minimum atomic E-state index is -1.41. The molecule has 2 amide bonds. The van der Waals surface area contributed by atoms with Crippen molar-refractivity contribution in [1.29, 1.82) is 0 Å². The summed E-state index contributed by atoms with van der Waals surface area (Å²) >= 11 is 0. The summed E-state index contributed by atoms with van der Waals surface area (Å²) in [5.74, 6) is -0.444. The molecule has 0 aliphatic carbocycles. The van der Waals surface area contributed by atoms with E-state index in [0.717, 1.165) is 0 Å². The van der Waals surface area contributed by atoms with Crippen molar-refractivity contribution in [3.63, 3.8) is 0 Å². The van der Waals surface area contributed by atoms with Gasteiger partial charge in [-0.05, 0) is 12.1 Å². The first-order chi connectivity index (χ1) is 9.04. The number of carbonyl (C=O) groups excluding carboxylic acids is 2. The second kappa shape index (κ2) is 7.22. The molecule has 7 nitrogen and oxygen atoms in total. The Morgan fingerprint density at radius 3 is 2.58 bits per heavy atom. The van der Waals surface area contributed by atoms with E-state index >= 15 is 0 Å². The highest BCUT2D eigenvalue weighted by Gasteiger charge is 2.12. The molecular formula is C12H16N2O5. The number of hydrogen-bond donors (Lipinski definition) is 3. The van der Waals surface area contributed by atoms with Crippen LogP contribution in [0, 0.1) is 0 Å². The summed E-state index contributed by atoms with van der Waals surface area (Å²) in [7, 11) is 1.49. The van der Waals surface area contributed by atoms with Gasteiger partial charge in [0.25, 0.3) is 5.91 Å². The average Bonchev–Trinajstić information content (AvgIpc) is 2.42. The zero-order valence-electron chi connectivity index (χ0n) is 10.5. The number of methoxy groups -OCH3 is 1. The summed E-state index contributed by atoms with van der Waals surface area (Å²) < 4.78 is 10.3. The second-order valence-corrected chi connectivity index (χ2v) is 3.66. The van der Waals surface area contributed by atoms with Crippen LogP contribution in [0.1, 0.15) is 0 Å². The van der Waals surface area contributed by atoms with Crippen molar-refractivity contribution in [3.8, 4) is 11.5 Å². The topological polar surface area (TPSA) is 111 Å². The molecule has 0 heterocycles. The number of amides is 2. The molecule has 0 saturated heterocycles. The van der Waals surface area contributed by atoms with Crippen LogP contribution in [-0.4, -0.2) is 43.3 Å². The van der Waals surface area contributed by atoms with Gasteiger partial charge in [0.15, 0.2) is 18.1 Å². The lowest BCUT2D eigenvalue weighted by atomic mass is 10.3. The Morgan fingerprint density at radius 2 is 2.00 bits per heavy atom. The molecule has 1 rings (SSSR count). The molecule has 1 unspecified atom stereocenters. The fraction of sp³-hybridized carbons (Fsp3) is 0.333. The van der Waals surface area contributed by atoms with Gasteiger partial charge >= 0.3 is 0 Å². The number of carbonyl (C=O) groups is 2. The van der Waals surface area contributed by atoms with Crippen molar-refractivity contribution in [3.05, 3.63) is 24.3 Å². The molecule has 1 aromatic rings. The highest BCUT2D eigenvalue weighted by Crippen LogP contribution is 2.25. The number of benzene rings is 1. The number of rotatable bonds is 7. The van der Waals surface area contributed by atoms with E-state index in [1.807, 2.05) is 0 Å². The summed E-state index contributed by atoms with van der Waals surface area (Å²) in [6.07, 6.45) is -1.41. The van der Waals surface area contributed by atoms with E-state index in [-0.39, 0.29) is 13.2 Å². The summed E-state index contributed by atoms with van der Waals surface area (Å²) in [5, 5.41) is 11.4. The fourth-order valence-electron chi connectivity index (χ4n) is 1.24. The lowest BCUT2D eigenvalue weighted by Crippen LogP contribution is -2.41. The summed E-state index contributed by atoms with van der Waals surface area (Å²) in [4.78, 5) is 22.0. The van der Waals surface area contributed by atoms with E-state index in [9.17, 15) is 9.59 Å². The normalized spacial score (nSPS) is 11.5. The Kier molecular flexibility index (Phi) is 5.62. The molecule has 1 atom stereocenters. The van der Waals surface area contributed by atoms with E-state index in [1.54, 1.807) is 24.3 Å². The second-order valence-electron chi connectivity index (χ2n) is 3.66. The molecule has 0 aliphatic rings. The largest absolute Gasteiger partial charge is 0.493 e. The SMILES string of the molecule is COc1ccccc1OCC(=O)NCC(O)C(N)=O. The van der Waals surface area contributed by atoms with Gasteiger partial charge in [0.2, 0.25) is 5.91 Å². The zero-order chi connectivity index (χ0) is 14.3. The molecule has 0 fully saturated rings. The van der Waals surface area contributed by atoms with Gasteiger partial charge in [-0.3, -0.25) is 9.59 Å². The standard InChI is InChI=1S/C12H16N2O5/c1-18-9-4-2-3-5-10(9)19-7-11(16)14-6-8(15)12(13)17/h2-5,8,15H,6-7H2,1H3,(H2,13,17)(H,14,16). The molecule has 104 valence electrons. The third-order valence-electron chi connectivity index (χ3n) is 2.25. The Morgan fingerprint density at radius 1 is 1.37 bits per heavy atom. The lowest BCUT2D eigenvalue weighted by Gasteiger charge is -2.11. The summed E-state index contributed by atoms with van der Waals surface area (Å²) in [6.45, 7) is -0.505. The van der Waals surface area contributed by atoms with Gasteiger partial charge in [-0.1, -0.05) is 12.1 Å². The number of hydrogen-bond acceptors (Lipinski definition) is 5. The Labute approximate surface area is 110 Å². The van der Waals surface area contributed by atoms with Crippen molar-refractivity contribution < 1.29 is 24.2 Å². The van der Waals surface area contributed by atoms with Crippen molar-refractivity contribution in [2.24, 2.45) is 5.73 Å². The van der Waals surface area contributed by atoms with Crippen LogP contribution < -0.4 is 20.5 Å². The van der Waals surface area contributed by atoms with Crippen LogP contribution in [-0.2, 0) is 9.59 Å². The Bertz CT molecular complexity index is 450. The van der Waals surface area contributed by atoms with Crippen molar-refractivity contribution >= 4 is 11.8 Å². The van der Waals surface area contributed by atoms with Gasteiger partial charge < -0.3 is 25.6 Å². The van der Waals surface area contributed by atoms with E-state index in [4.69, 9.17) is 20.3 Å². The predicted molar refractivity (Wildman–Crippen MR) is 66.7 cm³/mol. The highest BCUT2D eigenvalue weighted by molar-refractivity contribution is 5.81. The fourth-order valence-corrected chi connectivity index (χ4v) is 1.24. The number of nitrogens with one attached hydrogen (secondary N) is 1. The monoisotopic (exact) mass is 268 g/mol. The van der Waals surface area contributed by atoms with E-state index in [2.05, 4.69) is 5.32 Å². The van der Waals surface area contributed by atoms with E-state index < -0.39 is 17.9 Å². The number of ether oxygens (including phenoxy) is 2. The lowest BCUT2D eigenvalue weighted by molar-refractivity contribution is -0.127. The first-order valence-corrected chi connectivity index (χ1v) is 5.54. The maximum Gasteiger partial charge on any atom is 0.258 e. The van der Waals surface area contributed by atoms with Crippen LogP contribution in [0.15, 0.2) is 24.3 Å². The third-order valence-corrected chi connectivity index (χ3v) is 2.25. The number of para-hydroxylation sites is 2. The van der Waals surface area contributed by atoms with Gasteiger partial charge in [0.1, 0.15) is 6.10 Å². The molecule has 0 bridgehead atoms. The van der Waals surface area contributed by atoms with E-state index in [0.29, 0.717) is 11.5 Å². The van der Waals surface area contributed by atoms with E-state index in [1.165, 1.54) is 7.11 Å². The average molecular weight is 268 g/mol. The maximum absolute atomic E-state index is 11.4. The number of aliphatic hydroxyl groups is 1. The summed E-state index contributed by atoms with van der Waals surface area (Å²) in [6, 6.07) is 6.87. The number of primary amides is 1. The minimum absolute atomic E-state index is 0.247. The molecule has 19 heavy (non-hydrogen) atoms. The third kappa shape index (κ3) is 4.84. The predicted octanol–water partition coefficient (Wildman–Crippen LogP) is -0.964. The molecule has 0 aliphatic heterocycles. The van der Waals surface area contributed by atoms with Crippen LogP contribution in [0.3, 0.4) is 0 Å². The van der Waals surface area contributed by atoms with Crippen LogP contribution in [0.2, 0.25) is 0 Å². The van der Waals surface area contributed by atoms with Crippen molar-refractivity contribution in [2.75, 3.05) is 20.3 Å². The van der Waals surface area contributed by atoms with Gasteiger partial charge in [-0.2, -0.15) is 0 Å². The Balaban J connectivity index is 2.40. The molecule has 0 radical (unpaired) electrons. The first kappa shape index (κ1) is 14.8. The first-order valence-electron chi connectivity index (χ1n) is 5.54. The quantitative estimate of drug-likeness (QED) is 0.589. The minimum Gasteiger partial charge on any atom is -0.493 e. The highest BCUT2D eigenvalue weighted by atomic mass is 16.5. The van der Waals surface area contributed by atoms with Crippen LogP contribution in [0.25, 0.3) is 0 Å². The molecule has 7 heteroatoms. The number of nitrogens with two attached hydrogens (primary N) is 1. The smallest absolute Gasteiger partial charge is 0.258 e. The van der Waals surface area contributed by atoms with Crippen LogP contribution in [0.5, 0.6) is 11.5 Å². The van der Waals surface area contributed by atoms with Crippen LogP contribution >= 0.6 is 0 Å². The molecule has 0 saturated carbocycles. The zero-order valence-corrected chi connectivity index (χ0v) is 10.5. The van der Waals surface area contributed by atoms with Gasteiger partial charge in [-0.25, -0.2) is 0 Å². The van der Waals surface area contributed by atoms with Crippen molar-refractivity contribution in [2.45, 2.75) is 6.10 Å². The van der Waals surface area contributed by atoms with Gasteiger partial charge in [0.05, 0.1) is 13.7 Å². The van der Waals surface area contributed by atoms with Gasteiger partial charge in [0, 0.05) is 0 Å². The number of aliphatic hydroxyl groups excluding tert-OH is 1. The van der Waals surface area contributed by atoms with Gasteiger partial charge in [-0.15, -0.1) is 0 Å². The molecule has 4 N–H and O–H groups in total. The molecule has 1 aromatic carbocycles. The summed E-state index contributed by atoms with van der Waals surface area (Å²) in [5.41, 5.74) is 4.84. The molecular weight excluding hydrogens is 252 g/mol. The van der Waals surface area contributed by atoms with Crippen molar-refractivity contribution in [1.82, 2.24) is 5.32 Å². The molecule has 0 spiro atoms. The van der Waals surface area contributed by atoms with Crippen LogP contribution in [0.4, 0.5) is 0 Å². The maximum atomic E-state index is 11.4.